The summed E-state index contributed by atoms with van der Waals surface area (Å²) in [5.41, 5.74) is 0. The molecule has 0 amide bonds. The molecule has 0 aliphatic heterocycles. The van der Waals surface area contributed by atoms with Crippen molar-refractivity contribution >= 4 is 17.9 Å². The van der Waals surface area contributed by atoms with Gasteiger partial charge in [0.1, 0.15) is 13.2 Å². The van der Waals surface area contributed by atoms with E-state index in [0.29, 0.717) is 19.3 Å². The van der Waals surface area contributed by atoms with Crippen molar-refractivity contribution in [2.24, 2.45) is 0 Å². The maximum atomic E-state index is 12.8. The average Bonchev–Trinajstić information content (AvgIpc) is 3.28. The summed E-state index contributed by atoms with van der Waals surface area (Å²) in [4.78, 5) is 38.0. The maximum Gasteiger partial charge on any atom is 0.306 e. The van der Waals surface area contributed by atoms with Gasteiger partial charge in [-0.2, -0.15) is 0 Å². The molecule has 0 bridgehead atoms. The third-order valence-electron chi connectivity index (χ3n) is 10.6. The normalized spacial score (nSPS) is 12.9. The average molecular weight is 875 g/mol. The van der Waals surface area contributed by atoms with Crippen LogP contribution in [0.5, 0.6) is 0 Å². The highest BCUT2D eigenvalue weighted by Crippen LogP contribution is 2.14. The third-order valence-corrected chi connectivity index (χ3v) is 10.6. The number of rotatable bonds is 45. The second kappa shape index (κ2) is 51.0. The number of allylic oxidation sites excluding steroid dienone is 16. The Balaban J connectivity index is 4.50. The minimum absolute atomic E-state index is 0.102. The summed E-state index contributed by atoms with van der Waals surface area (Å²) in [6.07, 6.45) is 66.7. The van der Waals surface area contributed by atoms with Gasteiger partial charge < -0.3 is 14.2 Å². The lowest BCUT2D eigenvalue weighted by Crippen LogP contribution is -2.30. The van der Waals surface area contributed by atoms with Gasteiger partial charge in [0, 0.05) is 19.3 Å². The molecule has 63 heavy (non-hydrogen) atoms. The molecule has 0 saturated heterocycles. The first-order valence-corrected chi connectivity index (χ1v) is 25.7. The zero-order valence-electron chi connectivity index (χ0n) is 40.8. The number of esters is 3. The van der Waals surface area contributed by atoms with Crippen LogP contribution in [0.3, 0.4) is 0 Å². The van der Waals surface area contributed by atoms with Crippen molar-refractivity contribution in [1.29, 1.82) is 0 Å². The smallest absolute Gasteiger partial charge is 0.306 e. The lowest BCUT2D eigenvalue weighted by Gasteiger charge is -2.18. The van der Waals surface area contributed by atoms with Gasteiger partial charge in [0.05, 0.1) is 0 Å². The predicted octanol–water partition coefficient (Wildman–Crippen LogP) is 17.0. The molecule has 0 saturated carbocycles. The highest BCUT2D eigenvalue weighted by atomic mass is 16.6. The van der Waals surface area contributed by atoms with Crippen molar-refractivity contribution < 1.29 is 28.6 Å². The molecule has 6 nitrogen and oxygen atoms in total. The van der Waals surface area contributed by atoms with Gasteiger partial charge in [-0.1, -0.05) is 208 Å². The van der Waals surface area contributed by atoms with E-state index in [9.17, 15) is 14.4 Å². The van der Waals surface area contributed by atoms with Crippen LogP contribution in [0.25, 0.3) is 0 Å². The molecule has 0 heterocycles. The fraction of sp³-hybridized carbons (Fsp3) is 0.667. The fourth-order valence-electron chi connectivity index (χ4n) is 6.78. The first-order chi connectivity index (χ1) is 31.0. The van der Waals surface area contributed by atoms with Gasteiger partial charge in [0.2, 0.25) is 0 Å². The van der Waals surface area contributed by atoms with Gasteiger partial charge in [0.15, 0.2) is 6.10 Å². The van der Waals surface area contributed by atoms with Crippen LogP contribution in [0.1, 0.15) is 226 Å². The second-order valence-electron chi connectivity index (χ2n) is 16.7. The van der Waals surface area contributed by atoms with Crippen molar-refractivity contribution in [2.45, 2.75) is 232 Å². The number of carbonyl (C=O) groups is 3. The van der Waals surface area contributed by atoms with Gasteiger partial charge in [0.25, 0.3) is 0 Å². The summed E-state index contributed by atoms with van der Waals surface area (Å²) in [6, 6.07) is 0. The lowest BCUT2D eigenvalue weighted by atomic mass is 10.0. The second-order valence-corrected chi connectivity index (χ2v) is 16.7. The van der Waals surface area contributed by atoms with Crippen molar-refractivity contribution in [1.82, 2.24) is 0 Å². The molecular formula is C57H94O6. The number of unbranched alkanes of at least 4 members (excludes halogenated alkanes) is 18. The Morgan fingerprint density at radius 2 is 0.619 bits per heavy atom. The zero-order chi connectivity index (χ0) is 45.8. The molecule has 0 aromatic rings. The van der Waals surface area contributed by atoms with Crippen LogP contribution < -0.4 is 0 Å². The van der Waals surface area contributed by atoms with E-state index < -0.39 is 6.10 Å². The van der Waals surface area contributed by atoms with Crippen molar-refractivity contribution in [3.63, 3.8) is 0 Å². The van der Waals surface area contributed by atoms with Crippen molar-refractivity contribution in [3.8, 4) is 0 Å². The van der Waals surface area contributed by atoms with Crippen LogP contribution in [-0.2, 0) is 28.6 Å². The van der Waals surface area contributed by atoms with Crippen LogP contribution in [0.2, 0.25) is 0 Å². The SMILES string of the molecule is CC/C=C\C/C=C\C/C=C\C/C=C\CCCCCCC(=O)OC[C@H](COC(=O)CCCCCCCCCCCCCCC)OC(=O)CCCC/C=C\C/C=C\C/C=C\C/C=C\CC. The van der Waals surface area contributed by atoms with Crippen LogP contribution in [0.4, 0.5) is 0 Å². The molecule has 6 heteroatoms. The molecule has 0 radical (unpaired) electrons. The Morgan fingerprint density at radius 1 is 0.333 bits per heavy atom. The Morgan fingerprint density at radius 3 is 1.00 bits per heavy atom. The number of hydrogen-bond donors (Lipinski definition) is 0. The molecule has 0 aromatic carbocycles. The van der Waals surface area contributed by atoms with E-state index in [-0.39, 0.29) is 37.5 Å². The molecule has 0 unspecified atom stereocenters. The predicted molar refractivity (Wildman–Crippen MR) is 270 cm³/mol. The van der Waals surface area contributed by atoms with Crippen molar-refractivity contribution in [2.75, 3.05) is 13.2 Å². The van der Waals surface area contributed by atoms with E-state index in [2.05, 4.69) is 118 Å². The van der Waals surface area contributed by atoms with E-state index in [1.54, 1.807) is 0 Å². The minimum atomic E-state index is -0.808. The molecule has 0 aromatic heterocycles. The van der Waals surface area contributed by atoms with Crippen molar-refractivity contribution in [3.05, 3.63) is 97.2 Å². The van der Waals surface area contributed by atoms with E-state index in [4.69, 9.17) is 14.2 Å². The first-order valence-electron chi connectivity index (χ1n) is 25.7. The van der Waals surface area contributed by atoms with Crippen LogP contribution >= 0.6 is 0 Å². The molecule has 0 aliphatic carbocycles. The largest absolute Gasteiger partial charge is 0.462 e. The highest BCUT2D eigenvalue weighted by Gasteiger charge is 2.19. The van der Waals surface area contributed by atoms with Crippen LogP contribution in [0, 0.1) is 0 Å². The van der Waals surface area contributed by atoms with Gasteiger partial charge in [-0.25, -0.2) is 0 Å². The molecule has 0 aliphatic rings. The quantitative estimate of drug-likeness (QED) is 0.0262. The number of ether oxygens (including phenoxy) is 3. The lowest BCUT2D eigenvalue weighted by molar-refractivity contribution is -0.167. The monoisotopic (exact) mass is 875 g/mol. The molecule has 0 rings (SSSR count). The van der Waals surface area contributed by atoms with E-state index in [0.717, 1.165) is 116 Å². The third kappa shape index (κ3) is 49.2. The van der Waals surface area contributed by atoms with E-state index in [1.807, 2.05) is 0 Å². The number of hydrogen-bond acceptors (Lipinski definition) is 6. The summed E-state index contributed by atoms with van der Waals surface area (Å²) in [6.45, 7) is 6.35. The van der Waals surface area contributed by atoms with E-state index in [1.165, 1.54) is 64.2 Å². The molecule has 0 spiro atoms. The molecule has 0 N–H and O–H groups in total. The van der Waals surface area contributed by atoms with Gasteiger partial charge >= 0.3 is 17.9 Å². The molecule has 0 fully saturated rings. The summed E-state index contributed by atoms with van der Waals surface area (Å²) < 4.78 is 16.7. The highest BCUT2D eigenvalue weighted by molar-refractivity contribution is 5.71. The maximum absolute atomic E-state index is 12.8. The Kier molecular flexibility index (Phi) is 48.0. The minimum Gasteiger partial charge on any atom is -0.462 e. The Labute approximate surface area is 387 Å². The fourth-order valence-corrected chi connectivity index (χ4v) is 6.78. The molecule has 358 valence electrons. The van der Waals surface area contributed by atoms with Crippen LogP contribution in [0.15, 0.2) is 97.2 Å². The van der Waals surface area contributed by atoms with E-state index >= 15 is 0 Å². The Bertz CT molecular complexity index is 1280. The number of carbonyl (C=O) groups excluding carboxylic acids is 3. The summed E-state index contributed by atoms with van der Waals surface area (Å²) in [5.74, 6) is -0.970. The van der Waals surface area contributed by atoms with Gasteiger partial charge in [-0.05, 0) is 96.3 Å². The molecule has 1 atom stereocenters. The Hall–Kier alpha value is -3.67. The van der Waals surface area contributed by atoms with Crippen LogP contribution in [-0.4, -0.2) is 37.2 Å². The van der Waals surface area contributed by atoms with Gasteiger partial charge in [-0.15, -0.1) is 0 Å². The summed E-state index contributed by atoms with van der Waals surface area (Å²) in [5, 5.41) is 0. The molecular weight excluding hydrogens is 781 g/mol. The summed E-state index contributed by atoms with van der Waals surface area (Å²) in [7, 11) is 0. The zero-order valence-corrected chi connectivity index (χ0v) is 40.8. The van der Waals surface area contributed by atoms with Gasteiger partial charge in [-0.3, -0.25) is 14.4 Å². The standard InChI is InChI=1S/C57H94O6/c1-4-7-10-13-16-19-22-25-27-28-30-32-35-38-41-44-47-50-56(59)62-53-54(52-61-55(58)49-46-43-40-37-34-31-24-21-18-15-12-9-6-3)63-57(60)51-48-45-42-39-36-33-29-26-23-20-17-14-11-8-5-2/h7-8,10-11,16-17,19-20,25-27,29-30,32,36,39,54H,4-6,9,12-15,18,21-24,28,31,33-35,37-38,40-53H2,1-3H3/b10-7-,11-8-,19-16-,20-17-,27-25-,29-26-,32-30-,39-36-/t54-/m0/s1. The first kappa shape index (κ1) is 59.3. The summed E-state index contributed by atoms with van der Waals surface area (Å²) >= 11 is 0. The topological polar surface area (TPSA) is 78.9 Å².